The average molecular weight is 251 g/mol. The molecule has 0 N–H and O–H groups in total. The van der Waals surface area contributed by atoms with Gasteiger partial charge in [-0.2, -0.15) is 0 Å². The zero-order valence-electron chi connectivity index (χ0n) is 11.3. The van der Waals surface area contributed by atoms with Gasteiger partial charge in [0.2, 0.25) is 0 Å². The molecule has 0 atom stereocenters. The van der Waals surface area contributed by atoms with E-state index in [1.165, 1.54) is 6.07 Å². The number of ether oxygens (including phenoxy) is 1. The molecule has 0 bridgehead atoms. The van der Waals surface area contributed by atoms with E-state index in [0.29, 0.717) is 12.2 Å². The van der Waals surface area contributed by atoms with Gasteiger partial charge in [0, 0.05) is 18.7 Å². The molecule has 1 aromatic carbocycles. The molecule has 1 fully saturated rings. The van der Waals surface area contributed by atoms with Gasteiger partial charge in [-0.1, -0.05) is 25.1 Å². The standard InChI is InChI=1S/C15H22FNO/c1-3-17-10-8-15(2,9-11-17)18-12-13-6-4-5-7-14(13)16/h4-7H,3,8-12H2,1-2H3. The predicted molar refractivity (Wildman–Crippen MR) is 70.9 cm³/mol. The maximum atomic E-state index is 13.5. The van der Waals surface area contributed by atoms with Crippen molar-refractivity contribution >= 4 is 0 Å². The molecule has 0 aromatic heterocycles. The second-order valence-electron chi connectivity index (χ2n) is 5.26. The highest BCUT2D eigenvalue weighted by Crippen LogP contribution is 2.27. The van der Waals surface area contributed by atoms with Crippen LogP contribution in [0.4, 0.5) is 4.39 Å². The number of nitrogens with zero attached hydrogens (tertiary/aromatic N) is 1. The first-order valence-electron chi connectivity index (χ1n) is 6.73. The van der Waals surface area contributed by atoms with Gasteiger partial charge in [-0.05, 0) is 32.4 Å². The second-order valence-corrected chi connectivity index (χ2v) is 5.26. The van der Waals surface area contributed by atoms with Gasteiger partial charge in [-0.15, -0.1) is 0 Å². The number of likely N-dealkylation sites (tertiary alicyclic amines) is 1. The first kappa shape index (κ1) is 13.5. The Morgan fingerprint density at radius 1 is 1.28 bits per heavy atom. The first-order chi connectivity index (χ1) is 8.63. The molecule has 1 heterocycles. The predicted octanol–water partition coefficient (Wildman–Crippen LogP) is 3.22. The van der Waals surface area contributed by atoms with E-state index in [2.05, 4.69) is 18.7 Å². The van der Waals surface area contributed by atoms with E-state index in [0.717, 1.165) is 32.5 Å². The van der Waals surface area contributed by atoms with Crippen molar-refractivity contribution < 1.29 is 9.13 Å². The van der Waals surface area contributed by atoms with E-state index in [9.17, 15) is 4.39 Å². The van der Waals surface area contributed by atoms with Gasteiger partial charge in [0.15, 0.2) is 0 Å². The molecule has 0 aliphatic carbocycles. The molecule has 0 saturated carbocycles. The lowest BCUT2D eigenvalue weighted by atomic mass is 9.93. The molecule has 2 nitrogen and oxygen atoms in total. The summed E-state index contributed by atoms with van der Waals surface area (Å²) in [7, 11) is 0. The Bertz CT molecular complexity index is 386. The first-order valence-corrected chi connectivity index (χ1v) is 6.73. The van der Waals surface area contributed by atoms with Crippen LogP contribution in [-0.4, -0.2) is 30.1 Å². The van der Waals surface area contributed by atoms with E-state index >= 15 is 0 Å². The van der Waals surface area contributed by atoms with E-state index in [4.69, 9.17) is 4.74 Å². The highest BCUT2D eigenvalue weighted by atomic mass is 19.1. The van der Waals surface area contributed by atoms with Crippen LogP contribution >= 0.6 is 0 Å². The fourth-order valence-electron chi connectivity index (χ4n) is 2.35. The van der Waals surface area contributed by atoms with Gasteiger partial charge < -0.3 is 9.64 Å². The van der Waals surface area contributed by atoms with Crippen molar-refractivity contribution in [2.24, 2.45) is 0 Å². The topological polar surface area (TPSA) is 12.5 Å². The molecule has 2 rings (SSSR count). The molecule has 1 aliphatic heterocycles. The number of piperidine rings is 1. The van der Waals surface area contributed by atoms with Gasteiger partial charge in [0.25, 0.3) is 0 Å². The summed E-state index contributed by atoms with van der Waals surface area (Å²) in [6.45, 7) is 7.94. The van der Waals surface area contributed by atoms with Crippen LogP contribution in [0.5, 0.6) is 0 Å². The molecule has 0 spiro atoms. The minimum Gasteiger partial charge on any atom is -0.370 e. The fourth-order valence-corrected chi connectivity index (χ4v) is 2.35. The third-order valence-electron chi connectivity index (χ3n) is 3.89. The van der Waals surface area contributed by atoms with Crippen molar-refractivity contribution in [3.63, 3.8) is 0 Å². The van der Waals surface area contributed by atoms with Crippen LogP contribution in [0.1, 0.15) is 32.3 Å². The lowest BCUT2D eigenvalue weighted by Gasteiger charge is -2.39. The summed E-state index contributed by atoms with van der Waals surface area (Å²) in [6, 6.07) is 6.84. The summed E-state index contributed by atoms with van der Waals surface area (Å²) >= 11 is 0. The highest BCUT2D eigenvalue weighted by Gasteiger charge is 2.30. The normalized spacial score (nSPS) is 19.9. The third-order valence-corrected chi connectivity index (χ3v) is 3.89. The van der Waals surface area contributed by atoms with Crippen LogP contribution in [0.2, 0.25) is 0 Å². The maximum absolute atomic E-state index is 13.5. The SMILES string of the molecule is CCN1CCC(C)(OCc2ccccc2F)CC1. The average Bonchev–Trinajstić information content (AvgIpc) is 2.39. The van der Waals surface area contributed by atoms with E-state index in [-0.39, 0.29) is 11.4 Å². The van der Waals surface area contributed by atoms with Crippen molar-refractivity contribution in [3.8, 4) is 0 Å². The van der Waals surface area contributed by atoms with E-state index in [1.54, 1.807) is 12.1 Å². The summed E-state index contributed by atoms with van der Waals surface area (Å²) in [5, 5.41) is 0. The molecule has 3 heteroatoms. The molecule has 0 unspecified atom stereocenters. The molecular weight excluding hydrogens is 229 g/mol. The molecular formula is C15H22FNO. The van der Waals surface area contributed by atoms with Crippen molar-refractivity contribution in [3.05, 3.63) is 35.6 Å². The van der Waals surface area contributed by atoms with Gasteiger partial charge >= 0.3 is 0 Å². The van der Waals surface area contributed by atoms with Gasteiger partial charge in [-0.25, -0.2) is 4.39 Å². The number of hydrogen-bond donors (Lipinski definition) is 0. The molecule has 1 aliphatic rings. The maximum Gasteiger partial charge on any atom is 0.128 e. The molecule has 0 amide bonds. The monoisotopic (exact) mass is 251 g/mol. The fraction of sp³-hybridized carbons (Fsp3) is 0.600. The summed E-state index contributed by atoms with van der Waals surface area (Å²) in [6.07, 6.45) is 2.05. The Hall–Kier alpha value is -0.930. The Balaban J connectivity index is 1.88. The number of halogens is 1. The van der Waals surface area contributed by atoms with Crippen LogP contribution in [0, 0.1) is 5.82 Å². The van der Waals surface area contributed by atoms with Crippen LogP contribution in [-0.2, 0) is 11.3 Å². The van der Waals surface area contributed by atoms with Gasteiger partial charge in [0.05, 0.1) is 12.2 Å². The Kier molecular flexibility index (Phi) is 4.36. The quantitative estimate of drug-likeness (QED) is 0.814. The molecule has 100 valence electrons. The minimum atomic E-state index is -0.174. The minimum absolute atomic E-state index is 0.103. The molecule has 18 heavy (non-hydrogen) atoms. The van der Waals surface area contributed by atoms with Gasteiger partial charge in [0.1, 0.15) is 5.82 Å². The van der Waals surface area contributed by atoms with Crippen LogP contribution < -0.4 is 0 Å². The highest BCUT2D eigenvalue weighted by molar-refractivity contribution is 5.16. The van der Waals surface area contributed by atoms with Crippen molar-refractivity contribution in [2.75, 3.05) is 19.6 Å². The van der Waals surface area contributed by atoms with Gasteiger partial charge in [-0.3, -0.25) is 0 Å². The Morgan fingerprint density at radius 3 is 2.56 bits per heavy atom. The summed E-state index contributed by atoms with van der Waals surface area (Å²) in [5.74, 6) is -0.174. The van der Waals surface area contributed by atoms with Crippen molar-refractivity contribution in [1.82, 2.24) is 4.90 Å². The lowest BCUT2D eigenvalue weighted by Crippen LogP contribution is -2.43. The molecule has 1 aromatic rings. The largest absolute Gasteiger partial charge is 0.370 e. The summed E-state index contributed by atoms with van der Waals surface area (Å²) in [4.78, 5) is 2.42. The van der Waals surface area contributed by atoms with Crippen LogP contribution in [0.15, 0.2) is 24.3 Å². The zero-order chi connectivity index (χ0) is 13.0. The van der Waals surface area contributed by atoms with Crippen LogP contribution in [0.25, 0.3) is 0 Å². The van der Waals surface area contributed by atoms with Crippen molar-refractivity contribution in [2.45, 2.75) is 38.9 Å². The number of benzene rings is 1. The summed E-state index contributed by atoms with van der Waals surface area (Å²) < 4.78 is 19.5. The van der Waals surface area contributed by atoms with E-state index in [1.807, 2.05) is 6.07 Å². The smallest absolute Gasteiger partial charge is 0.128 e. The van der Waals surface area contributed by atoms with Crippen LogP contribution in [0.3, 0.4) is 0 Å². The third kappa shape index (κ3) is 3.30. The zero-order valence-corrected chi connectivity index (χ0v) is 11.3. The number of rotatable bonds is 4. The second kappa shape index (κ2) is 5.81. The Labute approximate surface area is 109 Å². The molecule has 0 radical (unpaired) electrons. The number of hydrogen-bond acceptors (Lipinski definition) is 2. The lowest BCUT2D eigenvalue weighted by molar-refractivity contribution is -0.0805. The van der Waals surface area contributed by atoms with E-state index < -0.39 is 0 Å². The summed E-state index contributed by atoms with van der Waals surface area (Å²) in [5.41, 5.74) is 0.546. The van der Waals surface area contributed by atoms with Crippen molar-refractivity contribution in [1.29, 1.82) is 0 Å². The Morgan fingerprint density at radius 2 is 1.94 bits per heavy atom. The molecule has 1 saturated heterocycles.